The average Bonchev–Trinajstić information content (AvgIpc) is 3.21. The van der Waals surface area contributed by atoms with E-state index in [1.807, 2.05) is 0 Å². The van der Waals surface area contributed by atoms with Crippen LogP contribution in [0.1, 0.15) is 26.4 Å². The molecular formula is C21H17N7O4S. The molecule has 0 saturated carbocycles. The van der Waals surface area contributed by atoms with Crippen molar-refractivity contribution in [1.29, 1.82) is 0 Å². The molecule has 2 aromatic carbocycles. The lowest BCUT2D eigenvalue weighted by Gasteiger charge is -2.09. The summed E-state index contributed by atoms with van der Waals surface area (Å²) in [4.78, 5) is 46.9. The Balaban J connectivity index is 1.54. The first-order valence-electron chi connectivity index (χ1n) is 9.55. The molecule has 33 heavy (non-hydrogen) atoms. The third kappa shape index (κ3) is 4.60. The lowest BCUT2D eigenvalue weighted by Crippen LogP contribution is -2.25. The Morgan fingerprint density at radius 2 is 2.00 bits per heavy atom. The Morgan fingerprint density at radius 3 is 2.76 bits per heavy atom. The van der Waals surface area contributed by atoms with Gasteiger partial charge in [-0.3, -0.25) is 19.7 Å². The van der Waals surface area contributed by atoms with Crippen LogP contribution in [-0.2, 0) is 6.54 Å². The van der Waals surface area contributed by atoms with E-state index in [1.54, 1.807) is 36.5 Å². The van der Waals surface area contributed by atoms with Gasteiger partial charge in [-0.15, -0.1) is 0 Å². The molecule has 0 spiro atoms. The summed E-state index contributed by atoms with van der Waals surface area (Å²) in [5, 5.41) is 14.7. The smallest absolute Gasteiger partial charge is 0.274 e. The van der Waals surface area contributed by atoms with Crippen molar-refractivity contribution < 1.29 is 14.5 Å². The SMILES string of the molecule is NC(=O)c1ccccc1Sc1cnc(N)c(C(=O)NCc2c[nH]c3ccc([N+](=O)[O-])cc23)n1. The molecule has 2 aromatic heterocycles. The number of rotatable bonds is 7. The second-order valence-electron chi connectivity index (χ2n) is 6.89. The van der Waals surface area contributed by atoms with E-state index >= 15 is 0 Å². The fourth-order valence-electron chi connectivity index (χ4n) is 3.16. The number of nitrogens with zero attached hydrogens (tertiary/aromatic N) is 3. The summed E-state index contributed by atoms with van der Waals surface area (Å²) in [5.74, 6) is -1.21. The molecule has 0 saturated heterocycles. The number of primary amides is 1. The van der Waals surface area contributed by atoms with Gasteiger partial charge in [-0.2, -0.15) is 0 Å². The summed E-state index contributed by atoms with van der Waals surface area (Å²) in [6.07, 6.45) is 3.06. The minimum absolute atomic E-state index is 0.0502. The van der Waals surface area contributed by atoms with Gasteiger partial charge in [0, 0.05) is 40.7 Å². The lowest BCUT2D eigenvalue weighted by atomic mass is 10.1. The van der Waals surface area contributed by atoms with Crippen LogP contribution in [0, 0.1) is 10.1 Å². The lowest BCUT2D eigenvalue weighted by molar-refractivity contribution is -0.384. The van der Waals surface area contributed by atoms with Gasteiger partial charge in [-0.25, -0.2) is 9.97 Å². The Hall–Kier alpha value is -4.45. The molecule has 0 atom stereocenters. The summed E-state index contributed by atoms with van der Waals surface area (Å²) in [7, 11) is 0. The fourth-order valence-corrected chi connectivity index (χ4v) is 4.05. The average molecular weight is 463 g/mol. The number of hydrogen-bond donors (Lipinski definition) is 4. The molecule has 0 radical (unpaired) electrons. The molecule has 12 heteroatoms. The first kappa shape index (κ1) is 21.8. The third-order valence-corrected chi connectivity index (χ3v) is 5.74. The highest BCUT2D eigenvalue weighted by molar-refractivity contribution is 7.99. The second-order valence-corrected chi connectivity index (χ2v) is 7.95. The van der Waals surface area contributed by atoms with Crippen molar-refractivity contribution in [2.45, 2.75) is 16.5 Å². The van der Waals surface area contributed by atoms with Gasteiger partial charge in [0.25, 0.3) is 11.6 Å². The molecule has 0 bridgehead atoms. The summed E-state index contributed by atoms with van der Waals surface area (Å²) in [6.45, 7) is 0.0863. The number of hydrogen-bond acceptors (Lipinski definition) is 8. The highest BCUT2D eigenvalue weighted by atomic mass is 32.2. The number of anilines is 1. The molecule has 0 fully saturated rings. The van der Waals surface area contributed by atoms with Crippen LogP contribution in [0.3, 0.4) is 0 Å². The molecule has 4 aromatic rings. The number of nitro benzene ring substituents is 1. The molecule has 0 aliphatic rings. The largest absolute Gasteiger partial charge is 0.382 e. The maximum atomic E-state index is 12.8. The van der Waals surface area contributed by atoms with E-state index in [9.17, 15) is 19.7 Å². The molecule has 2 heterocycles. The van der Waals surface area contributed by atoms with E-state index in [1.165, 1.54) is 18.3 Å². The Kier molecular flexibility index (Phi) is 5.91. The summed E-state index contributed by atoms with van der Waals surface area (Å²) in [5.41, 5.74) is 12.8. The van der Waals surface area contributed by atoms with Crippen molar-refractivity contribution in [3.05, 3.63) is 81.8 Å². The maximum Gasteiger partial charge on any atom is 0.274 e. The molecule has 11 nitrogen and oxygen atoms in total. The summed E-state index contributed by atoms with van der Waals surface area (Å²) in [6, 6.07) is 11.2. The van der Waals surface area contributed by atoms with Gasteiger partial charge in [0.05, 0.1) is 16.7 Å². The van der Waals surface area contributed by atoms with Crippen molar-refractivity contribution >= 4 is 46.0 Å². The number of nitro groups is 1. The zero-order chi connectivity index (χ0) is 23.5. The molecular weight excluding hydrogens is 446 g/mol. The van der Waals surface area contributed by atoms with Gasteiger partial charge in [0.2, 0.25) is 5.91 Å². The molecule has 2 amide bonds. The third-order valence-electron chi connectivity index (χ3n) is 4.76. The van der Waals surface area contributed by atoms with Gasteiger partial charge in [0.15, 0.2) is 11.5 Å². The summed E-state index contributed by atoms with van der Waals surface area (Å²) >= 11 is 1.13. The molecule has 0 unspecified atom stereocenters. The van der Waals surface area contributed by atoms with Crippen LogP contribution in [-0.4, -0.2) is 31.7 Å². The monoisotopic (exact) mass is 463 g/mol. The normalized spacial score (nSPS) is 10.8. The number of aromatic amines is 1. The molecule has 0 aliphatic heterocycles. The number of nitrogen functional groups attached to an aromatic ring is 1. The number of H-pyrrole nitrogens is 1. The van der Waals surface area contributed by atoms with Crippen LogP contribution in [0.2, 0.25) is 0 Å². The van der Waals surface area contributed by atoms with Crippen LogP contribution < -0.4 is 16.8 Å². The first-order valence-corrected chi connectivity index (χ1v) is 10.4. The minimum Gasteiger partial charge on any atom is -0.382 e. The van der Waals surface area contributed by atoms with Crippen molar-refractivity contribution in [2.75, 3.05) is 5.73 Å². The van der Waals surface area contributed by atoms with Crippen LogP contribution in [0.4, 0.5) is 11.5 Å². The number of amides is 2. The number of benzene rings is 2. The zero-order valence-corrected chi connectivity index (χ0v) is 17.8. The predicted molar refractivity (Wildman–Crippen MR) is 122 cm³/mol. The number of carbonyl (C=O) groups is 2. The second kappa shape index (κ2) is 8.96. The number of non-ortho nitro benzene ring substituents is 1. The maximum absolute atomic E-state index is 12.8. The predicted octanol–water partition coefficient (Wildman–Crippen LogP) is 2.63. The van der Waals surface area contributed by atoms with E-state index in [-0.39, 0.29) is 23.7 Å². The van der Waals surface area contributed by atoms with Gasteiger partial charge >= 0.3 is 0 Å². The number of nitrogens with one attached hydrogen (secondary N) is 2. The quantitative estimate of drug-likeness (QED) is 0.238. The fraction of sp³-hybridized carbons (Fsp3) is 0.0476. The highest BCUT2D eigenvalue weighted by Gasteiger charge is 2.17. The van der Waals surface area contributed by atoms with Crippen LogP contribution >= 0.6 is 11.8 Å². The Morgan fingerprint density at radius 1 is 1.21 bits per heavy atom. The highest BCUT2D eigenvalue weighted by Crippen LogP contribution is 2.29. The van der Waals surface area contributed by atoms with Gasteiger partial charge < -0.3 is 21.8 Å². The number of fused-ring (bicyclic) bond motifs is 1. The first-order chi connectivity index (χ1) is 15.8. The van der Waals surface area contributed by atoms with E-state index < -0.39 is 16.7 Å². The number of aromatic nitrogens is 3. The molecule has 0 aliphatic carbocycles. The van der Waals surface area contributed by atoms with E-state index in [0.717, 1.165) is 11.8 Å². The standard InChI is InChI=1S/C21H17N7O4S/c22-19-18(27-17(10-25-19)33-16-4-2-1-3-13(16)20(23)29)21(30)26-9-11-8-24-15-6-5-12(28(31)32)7-14(11)15/h1-8,10,24H,9H2,(H2,22,25)(H2,23,29)(H,26,30). The van der Waals surface area contributed by atoms with Crippen molar-refractivity contribution in [3.63, 3.8) is 0 Å². The summed E-state index contributed by atoms with van der Waals surface area (Å²) < 4.78 is 0. The van der Waals surface area contributed by atoms with E-state index in [4.69, 9.17) is 11.5 Å². The van der Waals surface area contributed by atoms with Crippen LogP contribution in [0.15, 0.2) is 64.8 Å². The van der Waals surface area contributed by atoms with Crippen molar-refractivity contribution in [2.24, 2.45) is 5.73 Å². The number of carbonyl (C=O) groups excluding carboxylic acids is 2. The van der Waals surface area contributed by atoms with Crippen LogP contribution in [0.5, 0.6) is 0 Å². The minimum atomic E-state index is -0.585. The molecule has 4 rings (SSSR count). The zero-order valence-electron chi connectivity index (χ0n) is 16.9. The number of nitrogens with two attached hydrogens (primary N) is 2. The van der Waals surface area contributed by atoms with Gasteiger partial charge in [-0.1, -0.05) is 23.9 Å². The van der Waals surface area contributed by atoms with Crippen LogP contribution in [0.25, 0.3) is 10.9 Å². The molecule has 166 valence electrons. The van der Waals surface area contributed by atoms with Gasteiger partial charge in [0.1, 0.15) is 5.03 Å². The van der Waals surface area contributed by atoms with Crippen molar-refractivity contribution in [1.82, 2.24) is 20.3 Å². The van der Waals surface area contributed by atoms with Gasteiger partial charge in [-0.05, 0) is 23.8 Å². The van der Waals surface area contributed by atoms with E-state index in [2.05, 4.69) is 20.3 Å². The molecule has 6 N–H and O–H groups in total. The Labute approximate surface area is 190 Å². The van der Waals surface area contributed by atoms with Crippen molar-refractivity contribution in [3.8, 4) is 0 Å². The Bertz CT molecular complexity index is 1400. The topological polar surface area (TPSA) is 183 Å². The van der Waals surface area contributed by atoms with E-state index in [0.29, 0.717) is 32.0 Å².